The van der Waals surface area contributed by atoms with Crippen LogP contribution in [0.2, 0.25) is 0 Å². The molecular formula is C14H22O7. The first-order valence-electron chi connectivity index (χ1n) is 6.85. The fraction of sp³-hybridized carbons (Fsp3) is 0.786. The Morgan fingerprint density at radius 2 is 1.43 bits per heavy atom. The molecule has 0 spiro atoms. The molecule has 0 aromatic rings. The van der Waals surface area contributed by atoms with Crippen LogP contribution in [0.5, 0.6) is 0 Å². The van der Waals surface area contributed by atoms with Crippen LogP contribution in [-0.2, 0) is 33.3 Å². The molecule has 120 valence electrons. The Labute approximate surface area is 123 Å². The van der Waals surface area contributed by atoms with E-state index in [0.29, 0.717) is 0 Å². The molecule has 0 saturated carbocycles. The van der Waals surface area contributed by atoms with Gasteiger partial charge in [-0.05, 0) is 6.92 Å². The van der Waals surface area contributed by atoms with Crippen LogP contribution < -0.4 is 0 Å². The summed E-state index contributed by atoms with van der Waals surface area (Å²) in [6.07, 6.45) is -2.36. The second-order valence-electron chi connectivity index (χ2n) is 5.19. The van der Waals surface area contributed by atoms with Crippen molar-refractivity contribution in [1.82, 2.24) is 0 Å². The molecule has 1 aliphatic rings. The molecule has 0 aromatic carbocycles. The molecule has 1 heterocycles. The minimum atomic E-state index is -0.808. The van der Waals surface area contributed by atoms with Gasteiger partial charge in [-0.25, -0.2) is 0 Å². The molecule has 21 heavy (non-hydrogen) atoms. The van der Waals surface area contributed by atoms with E-state index in [9.17, 15) is 14.4 Å². The summed E-state index contributed by atoms with van der Waals surface area (Å²) in [6, 6.07) is 0. The SMILES string of the molecule is CC(=O)OC[C@H]1O[C@@H](C)[C@H](C)[C@@H](OC(C)=O)[C@@H]1OC(C)=O. The predicted octanol–water partition coefficient (Wildman–Crippen LogP) is 0.836. The summed E-state index contributed by atoms with van der Waals surface area (Å²) < 4.78 is 21.2. The number of hydrogen-bond acceptors (Lipinski definition) is 7. The van der Waals surface area contributed by atoms with Gasteiger partial charge in [0.1, 0.15) is 18.8 Å². The maximum Gasteiger partial charge on any atom is 0.303 e. The number of carbonyl (C=O) groups excluding carboxylic acids is 3. The molecule has 0 unspecified atom stereocenters. The van der Waals surface area contributed by atoms with Crippen LogP contribution in [0, 0.1) is 5.92 Å². The number of esters is 3. The van der Waals surface area contributed by atoms with Gasteiger partial charge in [0.25, 0.3) is 0 Å². The highest BCUT2D eigenvalue weighted by atomic mass is 16.6. The lowest BCUT2D eigenvalue weighted by molar-refractivity contribution is -0.228. The van der Waals surface area contributed by atoms with Crippen molar-refractivity contribution in [3.05, 3.63) is 0 Å². The molecule has 0 bridgehead atoms. The van der Waals surface area contributed by atoms with Crippen molar-refractivity contribution in [2.24, 2.45) is 5.92 Å². The lowest BCUT2D eigenvalue weighted by atomic mass is 9.88. The molecular weight excluding hydrogens is 280 g/mol. The van der Waals surface area contributed by atoms with Crippen LogP contribution in [0.25, 0.3) is 0 Å². The van der Waals surface area contributed by atoms with E-state index < -0.39 is 36.2 Å². The van der Waals surface area contributed by atoms with Gasteiger partial charge in [0.2, 0.25) is 0 Å². The fourth-order valence-electron chi connectivity index (χ4n) is 2.29. The van der Waals surface area contributed by atoms with Crippen LogP contribution >= 0.6 is 0 Å². The second-order valence-corrected chi connectivity index (χ2v) is 5.19. The highest BCUT2D eigenvalue weighted by Crippen LogP contribution is 2.30. The third-order valence-corrected chi connectivity index (χ3v) is 3.39. The van der Waals surface area contributed by atoms with Crippen molar-refractivity contribution < 1.29 is 33.3 Å². The first-order valence-corrected chi connectivity index (χ1v) is 6.85. The summed E-state index contributed by atoms with van der Waals surface area (Å²) in [4.78, 5) is 33.5. The van der Waals surface area contributed by atoms with Gasteiger partial charge in [0.15, 0.2) is 6.10 Å². The van der Waals surface area contributed by atoms with Gasteiger partial charge in [-0.3, -0.25) is 14.4 Å². The van der Waals surface area contributed by atoms with E-state index in [1.165, 1.54) is 20.8 Å². The van der Waals surface area contributed by atoms with Crippen LogP contribution in [0.4, 0.5) is 0 Å². The minimum Gasteiger partial charge on any atom is -0.463 e. The van der Waals surface area contributed by atoms with Gasteiger partial charge in [-0.2, -0.15) is 0 Å². The highest BCUT2D eigenvalue weighted by molar-refractivity contribution is 5.67. The molecule has 1 aliphatic heterocycles. The summed E-state index contributed by atoms with van der Waals surface area (Å²) in [5.74, 6) is -1.61. The van der Waals surface area contributed by atoms with Crippen LogP contribution in [0.1, 0.15) is 34.6 Å². The molecule has 7 nitrogen and oxygen atoms in total. The van der Waals surface area contributed by atoms with E-state index >= 15 is 0 Å². The second kappa shape index (κ2) is 7.40. The number of ether oxygens (including phenoxy) is 4. The number of carbonyl (C=O) groups is 3. The van der Waals surface area contributed by atoms with Crippen molar-refractivity contribution in [3.8, 4) is 0 Å². The van der Waals surface area contributed by atoms with Crippen molar-refractivity contribution in [2.45, 2.75) is 59.0 Å². The van der Waals surface area contributed by atoms with Crippen molar-refractivity contribution in [3.63, 3.8) is 0 Å². The first-order chi connectivity index (χ1) is 9.72. The van der Waals surface area contributed by atoms with Gasteiger partial charge in [0.05, 0.1) is 6.10 Å². The molecule has 7 heteroatoms. The van der Waals surface area contributed by atoms with Gasteiger partial charge in [-0.1, -0.05) is 6.92 Å². The Kier molecular flexibility index (Phi) is 6.14. The van der Waals surface area contributed by atoms with Crippen molar-refractivity contribution in [2.75, 3.05) is 6.61 Å². The quantitative estimate of drug-likeness (QED) is 0.561. The van der Waals surface area contributed by atoms with E-state index in [2.05, 4.69) is 0 Å². The lowest BCUT2D eigenvalue weighted by Gasteiger charge is -2.43. The monoisotopic (exact) mass is 302 g/mol. The van der Waals surface area contributed by atoms with Crippen LogP contribution in [-0.4, -0.2) is 48.9 Å². The van der Waals surface area contributed by atoms with Gasteiger partial charge in [0, 0.05) is 26.7 Å². The van der Waals surface area contributed by atoms with Crippen molar-refractivity contribution in [1.29, 1.82) is 0 Å². The summed E-state index contributed by atoms with van der Waals surface area (Å²) in [7, 11) is 0. The first kappa shape index (κ1) is 17.4. The standard InChI is InChI=1S/C14H22O7/c1-7-8(2)19-12(6-18-9(3)15)14(21-11(5)17)13(7)20-10(4)16/h7-8,12-14H,6H2,1-5H3/t7-,8-,12+,13+,14+/m0/s1. The lowest BCUT2D eigenvalue weighted by Crippen LogP contribution is -2.57. The fourth-order valence-corrected chi connectivity index (χ4v) is 2.29. The Balaban J connectivity index is 2.94. The zero-order valence-corrected chi connectivity index (χ0v) is 13.0. The molecule has 0 aliphatic carbocycles. The molecule has 1 rings (SSSR count). The largest absolute Gasteiger partial charge is 0.463 e. The van der Waals surface area contributed by atoms with E-state index in [1.807, 2.05) is 13.8 Å². The maximum absolute atomic E-state index is 11.3. The zero-order chi connectivity index (χ0) is 16.2. The molecule has 1 fully saturated rings. The molecule has 0 radical (unpaired) electrons. The number of rotatable bonds is 4. The van der Waals surface area contributed by atoms with Crippen LogP contribution in [0.15, 0.2) is 0 Å². The summed E-state index contributed by atoms with van der Waals surface area (Å²) in [5, 5.41) is 0. The highest BCUT2D eigenvalue weighted by Gasteiger charge is 2.46. The average Bonchev–Trinajstić information content (AvgIpc) is 2.35. The summed E-state index contributed by atoms with van der Waals surface area (Å²) in [6.45, 7) is 7.43. The van der Waals surface area contributed by atoms with Gasteiger partial charge < -0.3 is 18.9 Å². The Bertz CT molecular complexity index is 406. The van der Waals surface area contributed by atoms with E-state index in [-0.39, 0.29) is 18.6 Å². The molecule has 1 saturated heterocycles. The Morgan fingerprint density at radius 3 is 1.90 bits per heavy atom. The van der Waals surface area contributed by atoms with Crippen LogP contribution in [0.3, 0.4) is 0 Å². The van der Waals surface area contributed by atoms with E-state index in [1.54, 1.807) is 0 Å². The number of hydrogen-bond donors (Lipinski definition) is 0. The Morgan fingerprint density at radius 1 is 0.905 bits per heavy atom. The van der Waals surface area contributed by atoms with Gasteiger partial charge in [-0.15, -0.1) is 0 Å². The normalized spacial score (nSPS) is 32.1. The summed E-state index contributed by atoms with van der Waals surface area (Å²) >= 11 is 0. The molecule has 0 amide bonds. The van der Waals surface area contributed by atoms with E-state index in [4.69, 9.17) is 18.9 Å². The maximum atomic E-state index is 11.3. The molecule has 0 N–H and O–H groups in total. The third-order valence-electron chi connectivity index (χ3n) is 3.39. The average molecular weight is 302 g/mol. The van der Waals surface area contributed by atoms with E-state index in [0.717, 1.165) is 0 Å². The topological polar surface area (TPSA) is 88.1 Å². The smallest absolute Gasteiger partial charge is 0.303 e. The third kappa shape index (κ3) is 5.00. The van der Waals surface area contributed by atoms with Crippen molar-refractivity contribution >= 4 is 17.9 Å². The molecule has 5 atom stereocenters. The zero-order valence-electron chi connectivity index (χ0n) is 13.0. The van der Waals surface area contributed by atoms with Gasteiger partial charge >= 0.3 is 17.9 Å². The summed E-state index contributed by atoms with van der Waals surface area (Å²) in [5.41, 5.74) is 0. The molecule has 0 aromatic heterocycles. The Hall–Kier alpha value is -1.63. The predicted molar refractivity (Wildman–Crippen MR) is 71.2 cm³/mol. The minimum absolute atomic E-state index is 0.0674.